The van der Waals surface area contributed by atoms with Gasteiger partial charge in [0, 0.05) is 13.0 Å². The van der Waals surface area contributed by atoms with Gasteiger partial charge in [-0.3, -0.25) is 15.0 Å². The lowest BCUT2D eigenvalue weighted by atomic mass is 10.0. The average Bonchev–Trinajstić information content (AvgIpc) is 2.53. The van der Waals surface area contributed by atoms with Crippen LogP contribution >= 0.6 is 0 Å². The van der Waals surface area contributed by atoms with Crippen LogP contribution in [0.1, 0.15) is 6.42 Å². The van der Waals surface area contributed by atoms with Crippen LogP contribution in [0.25, 0.3) is 0 Å². The summed E-state index contributed by atoms with van der Waals surface area (Å²) in [5, 5.41) is 0. The van der Waals surface area contributed by atoms with Crippen molar-refractivity contribution in [3.63, 3.8) is 0 Å². The zero-order valence-corrected chi connectivity index (χ0v) is 12.9. The van der Waals surface area contributed by atoms with Gasteiger partial charge in [0.15, 0.2) is 0 Å². The molecule has 1 N–H and O–H groups in total. The van der Waals surface area contributed by atoms with Crippen LogP contribution in [0, 0.1) is 5.92 Å². The molecule has 0 bridgehead atoms. The molecule has 1 aromatic carbocycles. The van der Waals surface area contributed by atoms with E-state index >= 15 is 0 Å². The Morgan fingerprint density at radius 1 is 1.27 bits per heavy atom. The number of hydrazine groups is 1. The van der Waals surface area contributed by atoms with Crippen LogP contribution in [0.3, 0.4) is 0 Å². The number of carbonyl (C=O) groups is 2. The summed E-state index contributed by atoms with van der Waals surface area (Å²) in [4.78, 5) is 23.2. The first-order valence-corrected chi connectivity index (χ1v) is 7.86. The Balaban J connectivity index is 2.27. The van der Waals surface area contributed by atoms with Crippen LogP contribution in [0.15, 0.2) is 29.2 Å². The molecule has 22 heavy (non-hydrogen) atoms. The Labute approximate surface area is 128 Å². The fraction of sp³-hybridized carbons (Fsp3) is 0.385. The number of carbonyl (C=O) groups excluding carboxylic acids is 2. The van der Waals surface area contributed by atoms with Gasteiger partial charge in [-0.15, -0.1) is 4.41 Å². The molecule has 1 saturated heterocycles. The summed E-state index contributed by atoms with van der Waals surface area (Å²) in [7, 11) is -1.30. The quantitative estimate of drug-likeness (QED) is 0.775. The molecule has 1 atom stereocenters. The molecule has 2 rings (SSSR count). The molecule has 1 aromatic rings. The van der Waals surface area contributed by atoms with Crippen molar-refractivity contribution in [3.05, 3.63) is 24.3 Å². The first kappa shape index (κ1) is 16.2. The predicted molar refractivity (Wildman–Crippen MR) is 75.2 cm³/mol. The first-order valence-electron chi connectivity index (χ1n) is 6.42. The molecule has 9 heteroatoms. The highest BCUT2D eigenvalue weighted by Gasteiger charge is 2.37. The van der Waals surface area contributed by atoms with E-state index in [4.69, 9.17) is 4.74 Å². The maximum atomic E-state index is 12.5. The number of sulfonamides is 1. The van der Waals surface area contributed by atoms with Gasteiger partial charge < -0.3 is 9.47 Å². The number of nitrogens with one attached hydrogen (secondary N) is 1. The number of hydrogen-bond donors (Lipinski definition) is 1. The van der Waals surface area contributed by atoms with Crippen LogP contribution in [-0.4, -0.2) is 45.5 Å². The highest BCUT2D eigenvalue weighted by molar-refractivity contribution is 7.89. The maximum Gasteiger partial charge on any atom is 0.310 e. The minimum Gasteiger partial charge on any atom is -0.497 e. The molecule has 1 aliphatic heterocycles. The molecule has 0 aliphatic carbocycles. The van der Waals surface area contributed by atoms with E-state index in [-0.39, 0.29) is 17.9 Å². The lowest BCUT2D eigenvalue weighted by Gasteiger charge is -2.30. The summed E-state index contributed by atoms with van der Waals surface area (Å²) in [5.74, 6) is -1.50. The zero-order valence-electron chi connectivity index (χ0n) is 12.1. The van der Waals surface area contributed by atoms with E-state index in [1.54, 1.807) is 0 Å². The highest BCUT2D eigenvalue weighted by atomic mass is 32.2. The summed E-state index contributed by atoms with van der Waals surface area (Å²) in [6.45, 7) is -0.174. The van der Waals surface area contributed by atoms with Gasteiger partial charge in [0.2, 0.25) is 5.91 Å². The van der Waals surface area contributed by atoms with E-state index in [2.05, 4.69) is 10.2 Å². The van der Waals surface area contributed by atoms with Gasteiger partial charge in [-0.1, -0.05) is 0 Å². The molecule has 0 aromatic heterocycles. The third kappa shape index (κ3) is 3.20. The number of benzene rings is 1. The van der Waals surface area contributed by atoms with Crippen molar-refractivity contribution in [2.45, 2.75) is 11.3 Å². The Kier molecular flexibility index (Phi) is 4.67. The molecule has 0 saturated carbocycles. The van der Waals surface area contributed by atoms with Crippen molar-refractivity contribution >= 4 is 21.9 Å². The van der Waals surface area contributed by atoms with Crippen molar-refractivity contribution in [1.82, 2.24) is 9.84 Å². The van der Waals surface area contributed by atoms with E-state index in [1.165, 1.54) is 38.5 Å². The van der Waals surface area contributed by atoms with E-state index in [0.29, 0.717) is 5.75 Å². The molecule has 1 amide bonds. The second-order valence-corrected chi connectivity index (χ2v) is 6.53. The zero-order chi connectivity index (χ0) is 16.3. The third-order valence-corrected chi connectivity index (χ3v) is 4.94. The fourth-order valence-corrected chi connectivity index (χ4v) is 3.41. The smallest absolute Gasteiger partial charge is 0.310 e. The molecule has 1 unspecified atom stereocenters. The summed E-state index contributed by atoms with van der Waals surface area (Å²) < 4.78 is 35.3. The number of nitrogens with zero attached hydrogens (tertiary/aromatic N) is 1. The summed E-state index contributed by atoms with van der Waals surface area (Å²) >= 11 is 0. The van der Waals surface area contributed by atoms with Crippen LogP contribution in [0.4, 0.5) is 0 Å². The van der Waals surface area contributed by atoms with E-state index < -0.39 is 27.8 Å². The van der Waals surface area contributed by atoms with Crippen molar-refractivity contribution in [1.29, 1.82) is 0 Å². The van der Waals surface area contributed by atoms with Gasteiger partial charge in [-0.25, -0.2) is 8.42 Å². The topological polar surface area (TPSA) is 102 Å². The summed E-state index contributed by atoms with van der Waals surface area (Å²) in [5.41, 5.74) is 2.26. The van der Waals surface area contributed by atoms with Gasteiger partial charge in [0.05, 0.1) is 25.0 Å². The minimum absolute atomic E-state index is 0.0147. The lowest BCUT2D eigenvalue weighted by molar-refractivity contribution is -0.150. The molecule has 8 nitrogen and oxygen atoms in total. The molecule has 1 heterocycles. The van der Waals surface area contributed by atoms with Crippen LogP contribution in [0.5, 0.6) is 5.75 Å². The number of rotatable bonds is 4. The Morgan fingerprint density at radius 2 is 1.91 bits per heavy atom. The van der Waals surface area contributed by atoms with Gasteiger partial charge in [-0.2, -0.15) is 0 Å². The van der Waals surface area contributed by atoms with Crippen LogP contribution in [0.2, 0.25) is 0 Å². The molecule has 0 spiro atoms. The molecular formula is C13H16N2O6S. The largest absolute Gasteiger partial charge is 0.497 e. The molecule has 120 valence electrons. The average molecular weight is 328 g/mol. The van der Waals surface area contributed by atoms with Gasteiger partial charge >= 0.3 is 5.97 Å². The normalized spacial score (nSPS) is 19.4. The summed E-state index contributed by atoms with van der Waals surface area (Å²) in [6, 6.07) is 5.72. The van der Waals surface area contributed by atoms with Crippen molar-refractivity contribution < 1.29 is 27.5 Å². The van der Waals surface area contributed by atoms with E-state index in [1.807, 2.05) is 0 Å². The fourth-order valence-electron chi connectivity index (χ4n) is 2.08. The number of esters is 1. The van der Waals surface area contributed by atoms with Gasteiger partial charge in [-0.05, 0) is 24.3 Å². The first-order chi connectivity index (χ1) is 10.4. The number of hydrogen-bond acceptors (Lipinski definition) is 6. The number of ether oxygens (including phenoxy) is 2. The molecule has 1 aliphatic rings. The number of methoxy groups -OCH3 is 2. The second kappa shape index (κ2) is 6.32. The molecular weight excluding hydrogens is 312 g/mol. The van der Waals surface area contributed by atoms with Crippen molar-refractivity contribution in [2.24, 2.45) is 5.92 Å². The van der Waals surface area contributed by atoms with E-state index in [9.17, 15) is 18.0 Å². The van der Waals surface area contributed by atoms with Crippen LogP contribution < -0.4 is 10.2 Å². The summed E-state index contributed by atoms with van der Waals surface area (Å²) in [6.07, 6.45) is -0.110. The molecule has 1 fully saturated rings. The Hall–Kier alpha value is -2.13. The molecule has 0 radical (unpaired) electrons. The Bertz CT molecular complexity index is 670. The maximum absolute atomic E-state index is 12.5. The third-order valence-electron chi connectivity index (χ3n) is 3.25. The van der Waals surface area contributed by atoms with Crippen molar-refractivity contribution in [2.75, 3.05) is 20.8 Å². The predicted octanol–water partition coefficient (Wildman–Crippen LogP) is -0.0900. The SMILES string of the molecule is COC(=O)C1CC(=O)NN(S(=O)(=O)c2ccc(OC)cc2)C1. The van der Waals surface area contributed by atoms with Crippen LogP contribution in [-0.2, 0) is 24.3 Å². The van der Waals surface area contributed by atoms with Gasteiger partial charge in [0.1, 0.15) is 5.75 Å². The van der Waals surface area contributed by atoms with Gasteiger partial charge in [0.25, 0.3) is 10.0 Å². The monoisotopic (exact) mass is 328 g/mol. The minimum atomic E-state index is -3.96. The lowest BCUT2D eigenvalue weighted by Crippen LogP contribution is -2.54. The standard InChI is InChI=1S/C13H16N2O6S/c1-20-10-3-5-11(6-4-10)22(18,19)15-8-9(13(17)21-2)7-12(16)14-15/h3-6,9H,7-8H2,1-2H3,(H,14,16). The highest BCUT2D eigenvalue weighted by Crippen LogP contribution is 2.22. The Morgan fingerprint density at radius 3 is 2.45 bits per heavy atom. The second-order valence-electron chi connectivity index (χ2n) is 4.67. The number of amides is 1. The van der Waals surface area contributed by atoms with Crippen molar-refractivity contribution in [3.8, 4) is 5.75 Å². The van der Waals surface area contributed by atoms with E-state index in [0.717, 1.165) is 4.41 Å².